The highest BCUT2D eigenvalue weighted by molar-refractivity contribution is 5.74. The second-order valence-corrected chi connectivity index (χ2v) is 7.76. The van der Waals surface area contributed by atoms with Gasteiger partial charge < -0.3 is 14.4 Å². The van der Waals surface area contributed by atoms with Crippen LogP contribution in [0.5, 0.6) is 11.5 Å². The molecule has 3 rings (SSSR count). The average Bonchev–Trinajstić information content (AvgIpc) is 2.82. The molecule has 1 atom stereocenters. The zero-order valence-electron chi connectivity index (χ0n) is 18.3. The highest BCUT2D eigenvalue weighted by Crippen LogP contribution is 2.41. The zero-order valence-corrected chi connectivity index (χ0v) is 18.3. The lowest BCUT2D eigenvalue weighted by atomic mass is 9.90. The molecule has 1 aliphatic rings. The van der Waals surface area contributed by atoms with Gasteiger partial charge in [-0.2, -0.15) is 0 Å². The monoisotopic (exact) mass is 424 g/mol. The van der Waals surface area contributed by atoms with Crippen LogP contribution >= 0.6 is 0 Å². The topological polar surface area (TPSA) is 71.0 Å². The Bertz CT molecular complexity index is 883. The summed E-state index contributed by atoms with van der Waals surface area (Å²) in [4.78, 5) is 13.5. The first-order valence-corrected chi connectivity index (χ1v) is 10.9. The molecule has 2 aromatic rings. The second kappa shape index (κ2) is 11.4. The first-order valence-electron chi connectivity index (χ1n) is 10.9. The molecule has 0 saturated heterocycles. The molecule has 0 saturated carbocycles. The predicted octanol–water partition coefficient (Wildman–Crippen LogP) is 4.93. The van der Waals surface area contributed by atoms with Crippen molar-refractivity contribution in [3.63, 3.8) is 0 Å². The molecule has 0 radical (unpaired) electrons. The summed E-state index contributed by atoms with van der Waals surface area (Å²) in [5.41, 5.74) is 5.28. The third-order valence-corrected chi connectivity index (χ3v) is 5.72. The van der Waals surface area contributed by atoms with Crippen LogP contribution in [-0.2, 0) is 4.79 Å². The fourth-order valence-corrected chi connectivity index (χ4v) is 4.11. The van der Waals surface area contributed by atoms with Crippen LogP contribution in [0.3, 0.4) is 0 Å². The fourth-order valence-electron chi connectivity index (χ4n) is 4.11. The number of hydroxylamine groups is 1. The van der Waals surface area contributed by atoms with Gasteiger partial charge in [-0.3, -0.25) is 10.0 Å². The van der Waals surface area contributed by atoms with Crippen molar-refractivity contribution < 1.29 is 19.5 Å². The summed E-state index contributed by atoms with van der Waals surface area (Å²) >= 11 is 0. The van der Waals surface area contributed by atoms with E-state index in [1.807, 2.05) is 12.1 Å². The van der Waals surface area contributed by atoms with E-state index in [0.717, 1.165) is 55.7 Å². The van der Waals surface area contributed by atoms with Crippen molar-refractivity contribution >= 4 is 12.0 Å². The Balaban J connectivity index is 1.69. The number of hydrogen-bond acceptors (Lipinski definition) is 5. The zero-order chi connectivity index (χ0) is 22.1. The maximum Gasteiger partial charge on any atom is 0.243 e. The average molecular weight is 425 g/mol. The number of fused-ring (bicyclic) bond motifs is 1. The molecule has 0 spiro atoms. The lowest BCUT2D eigenvalue weighted by Crippen LogP contribution is -2.28. The SMILES string of the molecule is COc1cc2c(cc1OC)C(c1ccccc1)N(CCCCCCCC(=O)NO)C=C2. The number of rotatable bonds is 11. The molecule has 1 amide bonds. The number of hydrogen-bond donors (Lipinski definition) is 2. The largest absolute Gasteiger partial charge is 0.493 e. The van der Waals surface area contributed by atoms with E-state index >= 15 is 0 Å². The van der Waals surface area contributed by atoms with Gasteiger partial charge in [0.1, 0.15) is 0 Å². The summed E-state index contributed by atoms with van der Waals surface area (Å²) in [6, 6.07) is 14.8. The quantitative estimate of drug-likeness (QED) is 0.304. The number of nitrogens with zero attached hydrogens (tertiary/aromatic N) is 1. The van der Waals surface area contributed by atoms with Crippen molar-refractivity contribution in [3.05, 3.63) is 65.4 Å². The van der Waals surface area contributed by atoms with Gasteiger partial charge in [-0.05, 0) is 47.7 Å². The summed E-state index contributed by atoms with van der Waals surface area (Å²) in [5, 5.41) is 8.54. The van der Waals surface area contributed by atoms with Crippen molar-refractivity contribution in [2.24, 2.45) is 0 Å². The minimum atomic E-state index is -0.310. The van der Waals surface area contributed by atoms with Crippen molar-refractivity contribution in [1.82, 2.24) is 10.4 Å². The highest BCUT2D eigenvalue weighted by Gasteiger charge is 2.26. The Labute approximate surface area is 184 Å². The fraction of sp³-hybridized carbons (Fsp3) is 0.400. The Morgan fingerprint density at radius 3 is 2.39 bits per heavy atom. The van der Waals surface area contributed by atoms with Crippen LogP contribution in [0.1, 0.15) is 61.3 Å². The smallest absolute Gasteiger partial charge is 0.243 e. The molecule has 1 unspecified atom stereocenters. The molecule has 0 bridgehead atoms. The molecular weight excluding hydrogens is 392 g/mol. The van der Waals surface area contributed by atoms with Crippen molar-refractivity contribution in [2.75, 3.05) is 20.8 Å². The van der Waals surface area contributed by atoms with Crippen LogP contribution < -0.4 is 15.0 Å². The molecule has 0 aromatic heterocycles. The lowest BCUT2D eigenvalue weighted by Gasteiger charge is -2.36. The van der Waals surface area contributed by atoms with Gasteiger partial charge in [0.2, 0.25) is 5.91 Å². The summed E-state index contributed by atoms with van der Waals surface area (Å²) in [7, 11) is 3.33. The molecule has 6 heteroatoms. The minimum Gasteiger partial charge on any atom is -0.493 e. The summed E-state index contributed by atoms with van der Waals surface area (Å²) in [5.74, 6) is 1.17. The molecule has 1 aliphatic heterocycles. The van der Waals surface area contributed by atoms with Crippen LogP contribution in [0, 0.1) is 0 Å². The molecule has 0 fully saturated rings. The molecule has 1 heterocycles. The molecule has 0 aliphatic carbocycles. The Morgan fingerprint density at radius 2 is 1.68 bits per heavy atom. The predicted molar refractivity (Wildman–Crippen MR) is 121 cm³/mol. The number of benzene rings is 2. The van der Waals surface area contributed by atoms with E-state index in [1.165, 1.54) is 11.1 Å². The highest BCUT2D eigenvalue weighted by atomic mass is 16.5. The van der Waals surface area contributed by atoms with E-state index in [9.17, 15) is 4.79 Å². The van der Waals surface area contributed by atoms with Gasteiger partial charge in [0.15, 0.2) is 11.5 Å². The number of unbranched alkanes of at least 4 members (excludes halogenated alkanes) is 4. The Morgan fingerprint density at radius 1 is 1.00 bits per heavy atom. The van der Waals surface area contributed by atoms with E-state index in [2.05, 4.69) is 47.5 Å². The Kier molecular flexibility index (Phi) is 8.35. The van der Waals surface area contributed by atoms with Gasteiger partial charge in [-0.25, -0.2) is 5.48 Å². The van der Waals surface area contributed by atoms with E-state index < -0.39 is 0 Å². The first-order chi connectivity index (χ1) is 15.2. The number of carbonyl (C=O) groups is 1. The van der Waals surface area contributed by atoms with E-state index in [4.69, 9.17) is 14.7 Å². The van der Waals surface area contributed by atoms with Gasteiger partial charge >= 0.3 is 0 Å². The number of amides is 1. The van der Waals surface area contributed by atoms with E-state index in [-0.39, 0.29) is 11.9 Å². The van der Waals surface area contributed by atoms with Gasteiger partial charge in [-0.15, -0.1) is 0 Å². The number of methoxy groups -OCH3 is 2. The van der Waals surface area contributed by atoms with Gasteiger partial charge in [0.25, 0.3) is 0 Å². The third kappa shape index (κ3) is 5.79. The van der Waals surface area contributed by atoms with Gasteiger partial charge in [-0.1, -0.05) is 49.6 Å². The van der Waals surface area contributed by atoms with Crippen LogP contribution in [0.25, 0.3) is 6.08 Å². The van der Waals surface area contributed by atoms with Crippen molar-refractivity contribution in [1.29, 1.82) is 0 Å². The maximum atomic E-state index is 11.1. The second-order valence-electron chi connectivity index (χ2n) is 7.76. The minimum absolute atomic E-state index is 0.120. The van der Waals surface area contributed by atoms with Crippen molar-refractivity contribution in [3.8, 4) is 11.5 Å². The summed E-state index contributed by atoms with van der Waals surface area (Å²) in [6.45, 7) is 0.945. The van der Waals surface area contributed by atoms with Crippen LogP contribution in [-0.4, -0.2) is 36.8 Å². The first kappa shape index (κ1) is 22.7. The lowest BCUT2D eigenvalue weighted by molar-refractivity contribution is -0.129. The standard InChI is InChI=1S/C25H32N2O4/c1-30-22-17-20-14-16-27(15-10-5-3-4-9-13-24(28)26-29)25(19-11-7-6-8-12-19)21(20)18-23(22)31-2/h6-8,11-12,14,16-18,25,29H,3-5,9-10,13,15H2,1-2H3,(H,26,28). The van der Waals surface area contributed by atoms with Gasteiger partial charge in [0.05, 0.1) is 20.3 Å². The van der Waals surface area contributed by atoms with E-state index in [0.29, 0.717) is 6.42 Å². The molecule has 6 nitrogen and oxygen atoms in total. The summed E-state index contributed by atoms with van der Waals surface area (Å²) in [6.07, 6.45) is 9.75. The maximum absolute atomic E-state index is 11.1. The van der Waals surface area contributed by atoms with Crippen LogP contribution in [0.4, 0.5) is 0 Å². The Hall–Kier alpha value is -2.99. The third-order valence-electron chi connectivity index (χ3n) is 5.72. The van der Waals surface area contributed by atoms with Gasteiger partial charge in [0, 0.05) is 19.2 Å². The number of ether oxygens (including phenoxy) is 2. The molecule has 2 N–H and O–H groups in total. The molecular formula is C25H32N2O4. The molecule has 2 aromatic carbocycles. The number of nitrogens with one attached hydrogen (secondary N) is 1. The summed E-state index contributed by atoms with van der Waals surface area (Å²) < 4.78 is 11.1. The normalized spacial score (nSPS) is 14.8. The number of carbonyl (C=O) groups excluding carboxylic acids is 1. The molecule has 31 heavy (non-hydrogen) atoms. The van der Waals surface area contributed by atoms with Crippen LogP contribution in [0.15, 0.2) is 48.7 Å². The molecule has 166 valence electrons. The van der Waals surface area contributed by atoms with E-state index in [1.54, 1.807) is 19.7 Å². The van der Waals surface area contributed by atoms with Crippen molar-refractivity contribution in [2.45, 2.75) is 44.6 Å². The van der Waals surface area contributed by atoms with Crippen LogP contribution in [0.2, 0.25) is 0 Å².